The first kappa shape index (κ1) is 13.7. The van der Waals surface area contributed by atoms with Crippen LogP contribution in [0.3, 0.4) is 0 Å². The fraction of sp³-hybridized carbons (Fsp3) is 0.357. The van der Waals surface area contributed by atoms with E-state index in [1.54, 1.807) is 0 Å². The summed E-state index contributed by atoms with van der Waals surface area (Å²) >= 11 is 0. The van der Waals surface area contributed by atoms with Crippen molar-refractivity contribution < 1.29 is 19.2 Å². The number of amides is 3. The monoisotopic (exact) mass is 289 g/mol. The maximum atomic E-state index is 12.0. The van der Waals surface area contributed by atoms with Gasteiger partial charge in [0.05, 0.1) is 12.0 Å². The smallest absolute Gasteiger partial charge is 0.258 e. The van der Waals surface area contributed by atoms with Crippen LogP contribution >= 0.6 is 0 Å². The van der Waals surface area contributed by atoms with Crippen molar-refractivity contribution in [3.63, 3.8) is 0 Å². The van der Waals surface area contributed by atoms with Crippen molar-refractivity contribution in [2.45, 2.75) is 19.1 Å². The molecule has 0 aliphatic carbocycles. The van der Waals surface area contributed by atoms with Crippen LogP contribution in [-0.2, 0) is 19.2 Å². The van der Waals surface area contributed by atoms with Crippen molar-refractivity contribution >= 4 is 17.7 Å². The van der Waals surface area contributed by atoms with Gasteiger partial charge in [0, 0.05) is 0 Å². The van der Waals surface area contributed by atoms with Crippen molar-refractivity contribution in [1.29, 1.82) is 0 Å². The van der Waals surface area contributed by atoms with Gasteiger partial charge in [-0.05, 0) is 12.5 Å². The highest BCUT2D eigenvalue weighted by molar-refractivity contribution is 6.07. The van der Waals surface area contributed by atoms with Crippen LogP contribution in [0.5, 0.6) is 0 Å². The van der Waals surface area contributed by atoms with Crippen LogP contribution < -0.4 is 11.1 Å². The maximum Gasteiger partial charge on any atom is 0.258 e. The Kier molecular flexibility index (Phi) is 3.23. The van der Waals surface area contributed by atoms with Crippen LogP contribution in [0.15, 0.2) is 24.3 Å². The zero-order valence-corrected chi connectivity index (χ0v) is 11.4. The average molecular weight is 289 g/mol. The van der Waals surface area contributed by atoms with Crippen LogP contribution in [0.4, 0.5) is 0 Å². The third-order valence-corrected chi connectivity index (χ3v) is 3.76. The Morgan fingerprint density at radius 2 is 1.95 bits per heavy atom. The summed E-state index contributed by atoms with van der Waals surface area (Å²) in [7, 11) is 0. The highest BCUT2D eigenvalue weighted by Crippen LogP contribution is 2.41. The van der Waals surface area contributed by atoms with Crippen LogP contribution in [0, 0.1) is 12.8 Å². The molecule has 0 saturated carbocycles. The number of nitrogens with one attached hydrogen (secondary N) is 1. The number of aryl methyl sites for hydroxylation is 1. The third kappa shape index (κ3) is 2.30. The number of imide groups is 1. The molecule has 7 nitrogen and oxygen atoms in total. The molecule has 3 amide bonds. The fourth-order valence-electron chi connectivity index (χ4n) is 2.82. The number of hydrogen-bond acceptors (Lipinski definition) is 5. The standard InChI is InChI=1S/C14H15N3O4/c1-7-2-4-8(5-3-7)11-10-12(14(20)16-13(10)19)21-17(11)6-9(15)18/h2-5,10-12H,6H2,1H3,(H2,15,18)(H,16,19,20). The highest BCUT2D eigenvalue weighted by Gasteiger charge is 2.56. The second-order valence-electron chi connectivity index (χ2n) is 5.30. The van der Waals surface area contributed by atoms with E-state index in [9.17, 15) is 14.4 Å². The molecule has 2 aliphatic heterocycles. The summed E-state index contributed by atoms with van der Waals surface area (Å²) < 4.78 is 0. The van der Waals surface area contributed by atoms with Crippen molar-refractivity contribution in [3.05, 3.63) is 35.4 Å². The number of primary amides is 1. The number of fused-ring (bicyclic) bond motifs is 1. The van der Waals surface area contributed by atoms with Crippen LogP contribution in [-0.4, -0.2) is 35.4 Å². The van der Waals surface area contributed by atoms with E-state index in [-0.39, 0.29) is 12.5 Å². The molecule has 0 aromatic heterocycles. The normalized spacial score (nSPS) is 28.5. The molecular formula is C14H15N3O4. The number of nitrogens with zero attached hydrogens (tertiary/aromatic N) is 1. The Hall–Kier alpha value is -2.25. The van der Waals surface area contributed by atoms with Crippen molar-refractivity contribution in [3.8, 4) is 0 Å². The topological polar surface area (TPSA) is 102 Å². The Morgan fingerprint density at radius 3 is 2.57 bits per heavy atom. The largest absolute Gasteiger partial charge is 0.368 e. The Bertz CT molecular complexity index is 613. The number of hydroxylamine groups is 2. The number of nitrogens with two attached hydrogens (primary N) is 1. The van der Waals surface area contributed by atoms with Crippen molar-refractivity contribution in [2.24, 2.45) is 11.7 Å². The van der Waals surface area contributed by atoms with E-state index in [1.807, 2.05) is 31.2 Å². The molecule has 3 unspecified atom stereocenters. The zero-order valence-electron chi connectivity index (χ0n) is 11.4. The van der Waals surface area contributed by atoms with Gasteiger partial charge in [-0.1, -0.05) is 29.8 Å². The lowest BCUT2D eigenvalue weighted by Crippen LogP contribution is -2.37. The second-order valence-corrected chi connectivity index (χ2v) is 5.30. The van der Waals surface area contributed by atoms with Gasteiger partial charge in [-0.25, -0.2) is 0 Å². The van der Waals surface area contributed by atoms with E-state index < -0.39 is 29.9 Å². The Labute approximate surface area is 121 Å². The van der Waals surface area contributed by atoms with Gasteiger partial charge >= 0.3 is 0 Å². The Morgan fingerprint density at radius 1 is 1.29 bits per heavy atom. The van der Waals surface area contributed by atoms with E-state index in [2.05, 4.69) is 5.32 Å². The molecule has 110 valence electrons. The molecule has 1 aromatic carbocycles. The van der Waals surface area contributed by atoms with Gasteiger partial charge in [0.1, 0.15) is 6.54 Å². The molecule has 0 bridgehead atoms. The van der Waals surface area contributed by atoms with Gasteiger partial charge in [-0.15, -0.1) is 0 Å². The summed E-state index contributed by atoms with van der Waals surface area (Å²) in [4.78, 5) is 40.4. The first-order chi connectivity index (χ1) is 9.97. The molecular weight excluding hydrogens is 274 g/mol. The lowest BCUT2D eigenvalue weighted by atomic mass is 9.90. The molecule has 0 radical (unpaired) electrons. The quantitative estimate of drug-likeness (QED) is 0.724. The van der Waals surface area contributed by atoms with Crippen LogP contribution in [0.25, 0.3) is 0 Å². The van der Waals surface area contributed by atoms with Crippen LogP contribution in [0.2, 0.25) is 0 Å². The SMILES string of the molecule is Cc1ccc(C2C3C(=O)NC(=O)C3ON2CC(N)=O)cc1. The number of benzene rings is 1. The van der Waals surface area contributed by atoms with Gasteiger partial charge in [-0.3, -0.25) is 24.5 Å². The molecule has 7 heteroatoms. The molecule has 0 spiro atoms. The molecule has 3 rings (SSSR count). The number of rotatable bonds is 3. The summed E-state index contributed by atoms with van der Waals surface area (Å²) in [5.74, 6) is -2.11. The summed E-state index contributed by atoms with van der Waals surface area (Å²) in [6, 6.07) is 7.01. The molecule has 2 saturated heterocycles. The summed E-state index contributed by atoms with van der Waals surface area (Å²) in [5, 5.41) is 3.59. The van der Waals surface area contributed by atoms with Gasteiger partial charge in [0.25, 0.3) is 5.91 Å². The van der Waals surface area contributed by atoms with E-state index in [1.165, 1.54) is 5.06 Å². The zero-order chi connectivity index (χ0) is 15.1. The average Bonchev–Trinajstić information content (AvgIpc) is 2.89. The number of hydrogen-bond donors (Lipinski definition) is 2. The summed E-state index contributed by atoms with van der Waals surface area (Å²) in [5.41, 5.74) is 7.09. The summed E-state index contributed by atoms with van der Waals surface area (Å²) in [6.45, 7) is 1.77. The van der Waals surface area contributed by atoms with Gasteiger partial charge < -0.3 is 5.73 Å². The molecule has 2 fully saturated rings. The summed E-state index contributed by atoms with van der Waals surface area (Å²) in [6.07, 6.45) is -0.900. The fourth-order valence-corrected chi connectivity index (χ4v) is 2.82. The van der Waals surface area contributed by atoms with Crippen molar-refractivity contribution in [1.82, 2.24) is 10.4 Å². The molecule has 21 heavy (non-hydrogen) atoms. The lowest BCUT2D eigenvalue weighted by Gasteiger charge is -2.24. The molecule has 1 aromatic rings. The number of carbonyl (C=O) groups is 3. The minimum absolute atomic E-state index is 0.175. The van der Waals surface area contributed by atoms with Crippen LogP contribution in [0.1, 0.15) is 17.2 Å². The van der Waals surface area contributed by atoms with E-state index in [0.717, 1.165) is 11.1 Å². The highest BCUT2D eigenvalue weighted by atomic mass is 16.7. The van der Waals surface area contributed by atoms with Gasteiger partial charge in [0.15, 0.2) is 6.10 Å². The molecule has 3 atom stereocenters. The first-order valence-electron chi connectivity index (χ1n) is 6.60. The molecule has 2 heterocycles. The molecule has 3 N–H and O–H groups in total. The predicted molar refractivity (Wildman–Crippen MR) is 71.3 cm³/mol. The lowest BCUT2D eigenvalue weighted by molar-refractivity contribution is -0.176. The Balaban J connectivity index is 1.98. The minimum atomic E-state index is -0.900. The van der Waals surface area contributed by atoms with E-state index in [0.29, 0.717) is 0 Å². The number of carbonyl (C=O) groups excluding carboxylic acids is 3. The van der Waals surface area contributed by atoms with E-state index in [4.69, 9.17) is 10.6 Å². The predicted octanol–water partition coefficient (Wildman–Crippen LogP) is -0.590. The maximum absolute atomic E-state index is 12.0. The van der Waals surface area contributed by atoms with Gasteiger partial charge in [0.2, 0.25) is 11.8 Å². The van der Waals surface area contributed by atoms with Crippen molar-refractivity contribution in [2.75, 3.05) is 6.54 Å². The molecule has 2 aliphatic rings. The van der Waals surface area contributed by atoms with Gasteiger partial charge in [-0.2, -0.15) is 5.06 Å². The van der Waals surface area contributed by atoms with E-state index >= 15 is 0 Å². The second kappa shape index (κ2) is 4.94. The minimum Gasteiger partial charge on any atom is -0.368 e. The third-order valence-electron chi connectivity index (χ3n) is 3.76. The first-order valence-corrected chi connectivity index (χ1v) is 6.60.